The summed E-state index contributed by atoms with van der Waals surface area (Å²) in [5, 5.41) is 6.51. The molecule has 0 aromatic heterocycles. The van der Waals surface area contributed by atoms with E-state index in [9.17, 15) is 4.79 Å². The molecule has 0 bridgehead atoms. The normalized spacial score (nSPS) is 15.4. The lowest BCUT2D eigenvalue weighted by atomic mass is 10.0. The predicted octanol–water partition coefficient (Wildman–Crippen LogP) is 3.56. The summed E-state index contributed by atoms with van der Waals surface area (Å²) < 4.78 is 0.916. The highest BCUT2D eigenvalue weighted by Crippen LogP contribution is 2.14. The molecule has 6 heteroatoms. The first kappa shape index (κ1) is 19.3. The summed E-state index contributed by atoms with van der Waals surface area (Å²) in [5.41, 5.74) is 1.99. The van der Waals surface area contributed by atoms with Crippen LogP contribution in [-0.4, -0.2) is 35.1 Å². The topological polar surface area (TPSA) is 44.4 Å². The number of rotatable bonds is 4. The predicted molar refractivity (Wildman–Crippen MR) is 117 cm³/mol. The smallest absolute Gasteiger partial charge is 0.258 e. The monoisotopic (exact) mass is 479 g/mol. The average molecular weight is 479 g/mol. The van der Waals surface area contributed by atoms with Crippen LogP contribution in [0.2, 0.25) is 0 Å². The highest BCUT2D eigenvalue weighted by atomic mass is 127. The molecular formula is C20H22IN3OS. The van der Waals surface area contributed by atoms with E-state index in [1.54, 1.807) is 0 Å². The lowest BCUT2D eigenvalue weighted by Gasteiger charge is -2.32. The molecule has 0 saturated carbocycles. The van der Waals surface area contributed by atoms with E-state index in [4.69, 9.17) is 12.2 Å². The number of nitrogens with one attached hydrogen (secondary N) is 2. The number of carbonyl (C=O) groups is 1. The van der Waals surface area contributed by atoms with Crippen LogP contribution in [0.5, 0.6) is 0 Å². The van der Waals surface area contributed by atoms with Crippen LogP contribution in [0.15, 0.2) is 54.6 Å². The molecular weight excluding hydrogens is 457 g/mol. The van der Waals surface area contributed by atoms with Gasteiger partial charge in [0.1, 0.15) is 0 Å². The minimum Gasteiger partial charge on any atom is -0.360 e. The molecule has 1 heterocycles. The van der Waals surface area contributed by atoms with Gasteiger partial charge in [-0.3, -0.25) is 15.0 Å². The van der Waals surface area contributed by atoms with Gasteiger partial charge < -0.3 is 5.32 Å². The van der Waals surface area contributed by atoms with E-state index >= 15 is 0 Å². The van der Waals surface area contributed by atoms with Crippen molar-refractivity contribution >= 4 is 45.8 Å². The summed E-state index contributed by atoms with van der Waals surface area (Å²) in [7, 11) is 0. The molecule has 26 heavy (non-hydrogen) atoms. The standard InChI is InChI=1S/C20H22IN3OS/c21-18-9-5-4-8-17(18)19(25)23-20(26)22-16-10-12-24(13-11-16)14-15-6-2-1-3-7-15/h1-9,16H,10-14H2,(H2,22,23,25,26). The number of amides is 1. The Labute approximate surface area is 173 Å². The maximum absolute atomic E-state index is 12.3. The van der Waals surface area contributed by atoms with Crippen molar-refractivity contribution in [2.24, 2.45) is 0 Å². The summed E-state index contributed by atoms with van der Waals surface area (Å²) in [6, 6.07) is 18.3. The van der Waals surface area contributed by atoms with Crippen molar-refractivity contribution < 1.29 is 4.79 Å². The first-order valence-electron chi connectivity index (χ1n) is 8.74. The van der Waals surface area contributed by atoms with Crippen LogP contribution in [0, 0.1) is 3.57 Å². The Balaban J connectivity index is 1.43. The van der Waals surface area contributed by atoms with Crippen LogP contribution in [0.25, 0.3) is 0 Å². The van der Waals surface area contributed by atoms with Crippen LogP contribution in [-0.2, 0) is 6.54 Å². The largest absolute Gasteiger partial charge is 0.360 e. The van der Waals surface area contributed by atoms with Crippen molar-refractivity contribution in [3.8, 4) is 0 Å². The Morgan fingerprint density at radius 1 is 1.08 bits per heavy atom. The Morgan fingerprint density at radius 3 is 2.42 bits per heavy atom. The Hall–Kier alpha value is -1.51. The number of thiocarbonyl (C=S) groups is 1. The van der Waals surface area contributed by atoms with Gasteiger partial charge in [-0.25, -0.2) is 0 Å². The van der Waals surface area contributed by atoms with E-state index in [-0.39, 0.29) is 5.91 Å². The van der Waals surface area contributed by atoms with E-state index < -0.39 is 0 Å². The van der Waals surface area contributed by atoms with Crippen LogP contribution >= 0.6 is 34.8 Å². The number of piperidine rings is 1. The number of hydrogen-bond donors (Lipinski definition) is 2. The summed E-state index contributed by atoms with van der Waals surface area (Å²) in [6.07, 6.45) is 2.04. The highest BCUT2D eigenvalue weighted by Gasteiger charge is 2.20. The zero-order valence-electron chi connectivity index (χ0n) is 14.5. The number of nitrogens with zero attached hydrogens (tertiary/aromatic N) is 1. The lowest BCUT2D eigenvalue weighted by Crippen LogP contribution is -2.48. The molecule has 1 aliphatic rings. The maximum Gasteiger partial charge on any atom is 0.258 e. The summed E-state index contributed by atoms with van der Waals surface area (Å²) in [4.78, 5) is 14.8. The van der Waals surface area contributed by atoms with E-state index in [2.05, 4.69) is 62.4 Å². The minimum atomic E-state index is -0.158. The molecule has 1 saturated heterocycles. The molecule has 0 aliphatic carbocycles. The number of halogens is 1. The Bertz CT molecular complexity index is 761. The van der Waals surface area contributed by atoms with Gasteiger partial charge >= 0.3 is 0 Å². The fourth-order valence-electron chi connectivity index (χ4n) is 3.11. The van der Waals surface area contributed by atoms with Crippen LogP contribution in [0.1, 0.15) is 28.8 Å². The van der Waals surface area contributed by atoms with E-state index in [0.717, 1.165) is 36.0 Å². The molecule has 2 N–H and O–H groups in total. The van der Waals surface area contributed by atoms with E-state index in [0.29, 0.717) is 16.7 Å². The van der Waals surface area contributed by atoms with Crippen LogP contribution < -0.4 is 10.6 Å². The van der Waals surface area contributed by atoms with Crippen LogP contribution in [0.4, 0.5) is 0 Å². The summed E-state index contributed by atoms with van der Waals surface area (Å²) in [5.74, 6) is -0.158. The molecule has 0 atom stereocenters. The second-order valence-corrected chi connectivity index (χ2v) is 8.01. The third-order valence-corrected chi connectivity index (χ3v) is 5.68. The molecule has 0 radical (unpaired) electrons. The fraction of sp³-hybridized carbons (Fsp3) is 0.300. The van der Waals surface area contributed by atoms with Crippen molar-refractivity contribution in [2.75, 3.05) is 13.1 Å². The third kappa shape index (κ3) is 5.49. The first-order valence-corrected chi connectivity index (χ1v) is 10.2. The van der Waals surface area contributed by atoms with Crippen molar-refractivity contribution in [1.82, 2.24) is 15.5 Å². The number of hydrogen-bond acceptors (Lipinski definition) is 3. The van der Waals surface area contributed by atoms with Gasteiger partial charge in [-0.15, -0.1) is 0 Å². The molecule has 2 aromatic rings. The van der Waals surface area contributed by atoms with E-state index in [1.807, 2.05) is 30.3 Å². The molecule has 0 unspecified atom stereocenters. The van der Waals surface area contributed by atoms with E-state index in [1.165, 1.54) is 5.56 Å². The van der Waals surface area contributed by atoms with Gasteiger partial charge in [-0.1, -0.05) is 42.5 Å². The van der Waals surface area contributed by atoms with Gasteiger partial charge in [0.15, 0.2) is 5.11 Å². The Morgan fingerprint density at radius 2 is 1.73 bits per heavy atom. The molecule has 1 fully saturated rings. The number of benzene rings is 2. The van der Waals surface area contributed by atoms with Crippen molar-refractivity contribution in [1.29, 1.82) is 0 Å². The maximum atomic E-state index is 12.3. The van der Waals surface area contributed by atoms with Gasteiger partial charge in [-0.05, 0) is 65.3 Å². The van der Waals surface area contributed by atoms with Gasteiger partial charge in [0, 0.05) is 29.2 Å². The third-order valence-electron chi connectivity index (χ3n) is 4.52. The molecule has 3 rings (SSSR count). The molecule has 0 spiro atoms. The first-order chi connectivity index (χ1) is 12.6. The molecule has 1 amide bonds. The second-order valence-electron chi connectivity index (χ2n) is 6.44. The second kappa shape index (κ2) is 9.43. The molecule has 136 valence electrons. The zero-order valence-corrected chi connectivity index (χ0v) is 17.4. The number of likely N-dealkylation sites (tertiary alicyclic amines) is 1. The molecule has 1 aliphatic heterocycles. The molecule has 4 nitrogen and oxygen atoms in total. The SMILES string of the molecule is O=C(NC(=S)NC1CCN(Cc2ccccc2)CC1)c1ccccc1I. The quantitative estimate of drug-likeness (QED) is 0.520. The summed E-state index contributed by atoms with van der Waals surface area (Å²) in [6.45, 7) is 3.04. The number of carbonyl (C=O) groups excluding carboxylic acids is 1. The average Bonchev–Trinajstić information content (AvgIpc) is 2.64. The van der Waals surface area contributed by atoms with Gasteiger partial charge in [0.05, 0.1) is 5.56 Å². The van der Waals surface area contributed by atoms with Crippen molar-refractivity contribution in [2.45, 2.75) is 25.4 Å². The lowest BCUT2D eigenvalue weighted by molar-refractivity contribution is 0.0975. The van der Waals surface area contributed by atoms with Gasteiger partial charge in [-0.2, -0.15) is 0 Å². The highest BCUT2D eigenvalue weighted by molar-refractivity contribution is 14.1. The molecule has 2 aromatic carbocycles. The fourth-order valence-corrected chi connectivity index (χ4v) is 4.01. The summed E-state index contributed by atoms with van der Waals surface area (Å²) >= 11 is 7.49. The Kier molecular flexibility index (Phi) is 6.99. The van der Waals surface area contributed by atoms with Crippen LogP contribution in [0.3, 0.4) is 0 Å². The van der Waals surface area contributed by atoms with Gasteiger partial charge in [0.2, 0.25) is 0 Å². The van der Waals surface area contributed by atoms with Gasteiger partial charge in [0.25, 0.3) is 5.91 Å². The zero-order chi connectivity index (χ0) is 18.4. The van der Waals surface area contributed by atoms with Crippen molar-refractivity contribution in [3.63, 3.8) is 0 Å². The van der Waals surface area contributed by atoms with Crippen molar-refractivity contribution in [3.05, 3.63) is 69.3 Å². The minimum absolute atomic E-state index is 0.158.